The third-order valence-electron chi connectivity index (χ3n) is 4.86. The van der Waals surface area contributed by atoms with Gasteiger partial charge in [-0.2, -0.15) is 10.3 Å². The summed E-state index contributed by atoms with van der Waals surface area (Å²) < 4.78 is 5.93. The molecule has 2 aromatic carbocycles. The Morgan fingerprint density at radius 3 is 2.65 bits per heavy atom. The summed E-state index contributed by atoms with van der Waals surface area (Å²) >= 11 is 0. The van der Waals surface area contributed by atoms with Crippen LogP contribution in [0, 0.1) is 23.7 Å². The van der Waals surface area contributed by atoms with Gasteiger partial charge in [-0.1, -0.05) is 48.0 Å². The third-order valence-corrected chi connectivity index (χ3v) is 4.86. The standard InChI is InChI=1S/C19H18N2O2/c1-13-7-9-14(10-8-13)18-19(11-20)12-22-16-6-4-3-5-15(16)17(19)21(2)23-18/h3-10,17-18H,12H2,1-2H3. The van der Waals surface area contributed by atoms with Crippen LogP contribution in [0.25, 0.3) is 0 Å². The molecular formula is C19H18N2O2. The number of hydrogen-bond acceptors (Lipinski definition) is 4. The topological polar surface area (TPSA) is 45.5 Å². The van der Waals surface area contributed by atoms with Crippen LogP contribution in [-0.2, 0) is 4.84 Å². The highest BCUT2D eigenvalue weighted by molar-refractivity contribution is 5.43. The molecule has 2 heterocycles. The van der Waals surface area contributed by atoms with E-state index in [1.807, 2.05) is 55.4 Å². The van der Waals surface area contributed by atoms with Crippen molar-refractivity contribution >= 4 is 0 Å². The SMILES string of the molecule is Cc1ccc(C2ON(C)C3c4ccccc4OCC23C#N)cc1. The lowest BCUT2D eigenvalue weighted by Crippen LogP contribution is -2.40. The highest BCUT2D eigenvalue weighted by Crippen LogP contribution is 2.58. The first kappa shape index (κ1) is 14.3. The van der Waals surface area contributed by atoms with Gasteiger partial charge in [0.1, 0.15) is 23.9 Å². The van der Waals surface area contributed by atoms with E-state index in [0.29, 0.717) is 6.61 Å². The second-order valence-corrected chi connectivity index (χ2v) is 6.32. The lowest BCUT2D eigenvalue weighted by molar-refractivity contribution is -0.147. The number of rotatable bonds is 1. The predicted molar refractivity (Wildman–Crippen MR) is 85.5 cm³/mol. The van der Waals surface area contributed by atoms with Gasteiger partial charge in [0.25, 0.3) is 0 Å². The molecule has 23 heavy (non-hydrogen) atoms. The highest BCUT2D eigenvalue weighted by Gasteiger charge is 2.60. The number of para-hydroxylation sites is 1. The quantitative estimate of drug-likeness (QED) is 0.808. The Morgan fingerprint density at radius 1 is 1.17 bits per heavy atom. The summed E-state index contributed by atoms with van der Waals surface area (Å²) in [6.07, 6.45) is -0.337. The van der Waals surface area contributed by atoms with Gasteiger partial charge in [-0.25, -0.2) is 0 Å². The van der Waals surface area contributed by atoms with E-state index in [1.54, 1.807) is 0 Å². The van der Waals surface area contributed by atoms with E-state index in [0.717, 1.165) is 16.9 Å². The fraction of sp³-hybridized carbons (Fsp3) is 0.316. The first-order valence-electron chi connectivity index (χ1n) is 7.75. The van der Waals surface area contributed by atoms with E-state index in [4.69, 9.17) is 9.57 Å². The van der Waals surface area contributed by atoms with E-state index in [1.165, 1.54) is 5.56 Å². The van der Waals surface area contributed by atoms with Crippen molar-refractivity contribution in [2.75, 3.05) is 13.7 Å². The molecule has 0 spiro atoms. The largest absolute Gasteiger partial charge is 0.491 e. The van der Waals surface area contributed by atoms with Crippen molar-refractivity contribution in [3.05, 3.63) is 65.2 Å². The molecule has 2 aromatic rings. The predicted octanol–water partition coefficient (Wildman–Crippen LogP) is 3.56. The Labute approximate surface area is 135 Å². The maximum absolute atomic E-state index is 10.0. The van der Waals surface area contributed by atoms with Crippen molar-refractivity contribution in [2.24, 2.45) is 5.41 Å². The van der Waals surface area contributed by atoms with Crippen molar-refractivity contribution in [3.8, 4) is 11.8 Å². The lowest BCUT2D eigenvalue weighted by atomic mass is 9.71. The Balaban J connectivity index is 1.84. The summed E-state index contributed by atoms with van der Waals surface area (Å²) in [6, 6.07) is 18.5. The second-order valence-electron chi connectivity index (χ2n) is 6.32. The van der Waals surface area contributed by atoms with Gasteiger partial charge in [0.05, 0.1) is 12.1 Å². The van der Waals surface area contributed by atoms with Gasteiger partial charge in [0.15, 0.2) is 0 Å². The summed E-state index contributed by atoms with van der Waals surface area (Å²) in [5.74, 6) is 0.836. The van der Waals surface area contributed by atoms with Gasteiger partial charge in [0.2, 0.25) is 0 Å². The number of fused-ring (bicyclic) bond motifs is 3. The molecule has 3 atom stereocenters. The van der Waals surface area contributed by atoms with Crippen molar-refractivity contribution < 1.29 is 9.57 Å². The van der Waals surface area contributed by atoms with E-state index in [-0.39, 0.29) is 12.1 Å². The molecule has 116 valence electrons. The molecule has 0 radical (unpaired) electrons. The molecule has 2 aliphatic rings. The molecule has 0 aromatic heterocycles. The van der Waals surface area contributed by atoms with Crippen molar-refractivity contribution in [2.45, 2.75) is 19.1 Å². The summed E-state index contributed by atoms with van der Waals surface area (Å²) in [5.41, 5.74) is 2.46. The van der Waals surface area contributed by atoms with Crippen LogP contribution in [0.2, 0.25) is 0 Å². The molecule has 4 heteroatoms. The van der Waals surface area contributed by atoms with Crippen LogP contribution in [0.1, 0.15) is 28.8 Å². The minimum Gasteiger partial charge on any atom is -0.491 e. The number of hydrogen-bond donors (Lipinski definition) is 0. The molecule has 0 saturated carbocycles. The van der Waals surface area contributed by atoms with Crippen molar-refractivity contribution in [1.29, 1.82) is 5.26 Å². The molecule has 0 aliphatic carbocycles. The van der Waals surface area contributed by atoms with Gasteiger partial charge < -0.3 is 4.74 Å². The van der Waals surface area contributed by atoms with Crippen molar-refractivity contribution in [1.82, 2.24) is 5.06 Å². The maximum atomic E-state index is 10.0. The van der Waals surface area contributed by atoms with Crippen LogP contribution >= 0.6 is 0 Å². The minimum atomic E-state index is -0.752. The molecule has 1 fully saturated rings. The number of nitrogens with zero attached hydrogens (tertiary/aromatic N) is 2. The van der Waals surface area contributed by atoms with E-state index < -0.39 is 5.41 Å². The molecule has 0 amide bonds. The number of nitriles is 1. The van der Waals surface area contributed by atoms with E-state index in [2.05, 4.69) is 18.2 Å². The van der Waals surface area contributed by atoms with Crippen LogP contribution in [0.15, 0.2) is 48.5 Å². The summed E-state index contributed by atoms with van der Waals surface area (Å²) in [7, 11) is 1.90. The second kappa shape index (κ2) is 5.09. The van der Waals surface area contributed by atoms with E-state index in [9.17, 15) is 5.26 Å². The third kappa shape index (κ3) is 1.98. The number of ether oxygens (including phenoxy) is 1. The monoisotopic (exact) mass is 306 g/mol. The lowest BCUT2D eigenvalue weighted by Gasteiger charge is -2.37. The average molecular weight is 306 g/mol. The van der Waals surface area contributed by atoms with Crippen LogP contribution in [0.5, 0.6) is 5.75 Å². The Kier molecular flexibility index (Phi) is 3.15. The smallest absolute Gasteiger partial charge is 0.145 e. The molecule has 4 nitrogen and oxygen atoms in total. The first-order chi connectivity index (χ1) is 11.2. The molecule has 1 saturated heterocycles. The average Bonchev–Trinajstić information content (AvgIpc) is 2.89. The van der Waals surface area contributed by atoms with Gasteiger partial charge in [-0.05, 0) is 18.6 Å². The van der Waals surface area contributed by atoms with Gasteiger partial charge in [-0.3, -0.25) is 4.84 Å². The summed E-state index contributed by atoms with van der Waals surface area (Å²) in [5, 5.41) is 11.9. The zero-order valence-electron chi connectivity index (χ0n) is 13.2. The minimum absolute atomic E-state index is 0.135. The normalized spacial score (nSPS) is 29.3. The number of hydroxylamine groups is 2. The zero-order chi connectivity index (χ0) is 16.0. The molecule has 0 bridgehead atoms. The highest BCUT2D eigenvalue weighted by atomic mass is 16.7. The molecule has 2 aliphatic heterocycles. The van der Waals surface area contributed by atoms with Crippen LogP contribution in [0.3, 0.4) is 0 Å². The summed E-state index contributed by atoms with van der Waals surface area (Å²) in [4.78, 5) is 6.12. The van der Waals surface area contributed by atoms with Crippen LogP contribution in [-0.4, -0.2) is 18.7 Å². The Hall–Kier alpha value is -2.35. The van der Waals surface area contributed by atoms with Crippen molar-refractivity contribution in [3.63, 3.8) is 0 Å². The number of aryl methyl sites for hydroxylation is 1. The molecular weight excluding hydrogens is 288 g/mol. The molecule has 4 rings (SSSR count). The zero-order valence-corrected chi connectivity index (χ0v) is 13.2. The van der Waals surface area contributed by atoms with Gasteiger partial charge >= 0.3 is 0 Å². The number of benzene rings is 2. The Bertz CT molecular complexity index is 781. The van der Waals surface area contributed by atoms with Gasteiger partial charge in [0, 0.05) is 12.6 Å². The van der Waals surface area contributed by atoms with Crippen LogP contribution < -0.4 is 4.74 Å². The van der Waals surface area contributed by atoms with Crippen LogP contribution in [0.4, 0.5) is 0 Å². The fourth-order valence-electron chi connectivity index (χ4n) is 3.70. The van der Waals surface area contributed by atoms with Gasteiger partial charge in [-0.15, -0.1) is 0 Å². The first-order valence-corrected chi connectivity index (χ1v) is 7.75. The van der Waals surface area contributed by atoms with E-state index >= 15 is 0 Å². The maximum Gasteiger partial charge on any atom is 0.145 e. The molecule has 0 N–H and O–H groups in total. The summed E-state index contributed by atoms with van der Waals surface area (Å²) in [6.45, 7) is 2.38. The molecule has 3 unspecified atom stereocenters. The fourth-order valence-corrected chi connectivity index (χ4v) is 3.70. The Morgan fingerprint density at radius 2 is 1.91 bits per heavy atom.